The van der Waals surface area contributed by atoms with E-state index in [4.69, 9.17) is 65.6 Å². The van der Waals surface area contributed by atoms with Crippen LogP contribution in [0.4, 0.5) is 21.5 Å². The molecule has 2 aliphatic heterocycles. The number of rotatable bonds is 17. The van der Waals surface area contributed by atoms with Crippen molar-refractivity contribution in [1.82, 2.24) is 19.2 Å². The van der Waals surface area contributed by atoms with Crippen LogP contribution < -0.4 is 24.7 Å². The van der Waals surface area contributed by atoms with E-state index in [0.717, 1.165) is 42.0 Å². The number of alkyl halides is 3. The molecule has 3 heterocycles. The Bertz CT molecular complexity index is 2320. The monoisotopic (exact) mass is 1020 g/mol. The fourth-order valence-electron chi connectivity index (χ4n) is 6.17. The zero-order valence-corrected chi connectivity index (χ0v) is 41.3. The van der Waals surface area contributed by atoms with E-state index in [0.29, 0.717) is 35.9 Å². The lowest BCUT2D eigenvalue weighted by molar-refractivity contribution is -0.136. The van der Waals surface area contributed by atoms with Crippen molar-refractivity contribution in [3.05, 3.63) is 83.2 Å². The average Bonchev–Trinajstić information content (AvgIpc) is 3.76. The third-order valence-electron chi connectivity index (χ3n) is 9.04. The molecule has 0 aliphatic carbocycles. The van der Waals surface area contributed by atoms with E-state index >= 15 is 0 Å². The molecule has 23 heteroatoms. The van der Waals surface area contributed by atoms with E-state index in [-0.39, 0.29) is 54.6 Å². The van der Waals surface area contributed by atoms with Gasteiger partial charge in [0.2, 0.25) is 10.7 Å². The second-order valence-electron chi connectivity index (χ2n) is 14.9. The van der Waals surface area contributed by atoms with Crippen molar-refractivity contribution in [2.75, 3.05) is 68.1 Å². The summed E-state index contributed by atoms with van der Waals surface area (Å²) in [5.41, 5.74) is 3.80. The Kier molecular flexibility index (Phi) is 24.3. The Morgan fingerprint density at radius 3 is 2.42 bits per heavy atom. The molecule has 5 rings (SSSR count). The predicted molar refractivity (Wildman–Crippen MR) is 256 cm³/mol. The molecule has 17 nitrogen and oxygen atoms in total. The van der Waals surface area contributed by atoms with E-state index in [1.807, 2.05) is 36.6 Å². The van der Waals surface area contributed by atoms with E-state index < -0.39 is 37.0 Å². The molecule has 2 aromatic carbocycles. The van der Waals surface area contributed by atoms with Crippen LogP contribution in [0.1, 0.15) is 44.6 Å². The van der Waals surface area contributed by atoms with Gasteiger partial charge in [0, 0.05) is 50.3 Å². The Balaban J connectivity index is 0.000000327. The maximum atomic E-state index is 14.5. The summed E-state index contributed by atoms with van der Waals surface area (Å²) in [7, 11) is -4.10. The smallest absolute Gasteiger partial charge is 0.339 e. The van der Waals surface area contributed by atoms with Gasteiger partial charge in [-0.1, -0.05) is 80.2 Å². The molecule has 362 valence electrons. The van der Waals surface area contributed by atoms with Crippen LogP contribution >= 0.6 is 53.9 Å². The minimum atomic E-state index is -4.10. The van der Waals surface area contributed by atoms with Gasteiger partial charge in [-0.15, -0.1) is 31.2 Å². The first-order valence-electron chi connectivity index (χ1n) is 20.2. The number of nitrogens with zero attached hydrogens (tertiary/aromatic N) is 6. The van der Waals surface area contributed by atoms with Gasteiger partial charge in [0.15, 0.2) is 17.3 Å². The summed E-state index contributed by atoms with van der Waals surface area (Å²) in [6, 6.07) is 8.78. The number of terminal acetylenes is 1. The third-order valence-corrected chi connectivity index (χ3v) is 11.1. The molecule has 1 aromatic heterocycles. The van der Waals surface area contributed by atoms with Gasteiger partial charge < -0.3 is 33.8 Å². The number of aryl methyl sites for hydroxylation is 2. The number of benzene rings is 2. The Hall–Kier alpha value is -4.61. The van der Waals surface area contributed by atoms with Crippen molar-refractivity contribution < 1.29 is 52.5 Å². The number of hydrogen-bond donors (Lipinski definition) is 4. The molecular formula is C43H56Cl3FN7O10PS. The van der Waals surface area contributed by atoms with Crippen molar-refractivity contribution in [2.45, 2.75) is 58.8 Å². The second kappa shape index (κ2) is 27.9. The molecule has 2 aliphatic rings. The summed E-state index contributed by atoms with van der Waals surface area (Å²) in [6.45, 7) is 19.3. The van der Waals surface area contributed by atoms with Crippen molar-refractivity contribution in [2.24, 2.45) is 10.4 Å². The van der Waals surface area contributed by atoms with Crippen LogP contribution in [0.15, 0.2) is 60.6 Å². The molecule has 0 radical (unpaired) electrons. The number of carbonyl (C=O) groups excluding carboxylic acids is 3. The summed E-state index contributed by atoms with van der Waals surface area (Å²) in [5.74, 6) is 1.29. The lowest BCUT2D eigenvalue weighted by Gasteiger charge is -2.28. The first kappa shape index (κ1) is 57.5. The highest BCUT2D eigenvalue weighted by atomic mass is 35.5. The highest BCUT2D eigenvalue weighted by Crippen LogP contribution is 2.38. The molecule has 0 spiro atoms. The molecule has 4 N–H and O–H groups in total. The molecular weight excluding hydrogens is 963 g/mol. The number of ether oxygens (including phenoxy) is 2. The number of nitrogens with one attached hydrogen (secondary N) is 1. The lowest BCUT2D eigenvalue weighted by atomic mass is 9.92. The first-order chi connectivity index (χ1) is 31.1. The molecule has 0 fully saturated rings. The van der Waals surface area contributed by atoms with Crippen molar-refractivity contribution in [3.8, 4) is 18.1 Å². The summed E-state index contributed by atoms with van der Waals surface area (Å²) >= 11 is 17.7. The molecule has 0 saturated heterocycles. The highest BCUT2D eigenvalue weighted by molar-refractivity contribution is 7.51. The number of para-hydroxylation sites is 1. The van der Waals surface area contributed by atoms with Crippen molar-refractivity contribution >= 4 is 94.7 Å². The number of carboxylic acid groups (broad SMARTS) is 1. The summed E-state index contributed by atoms with van der Waals surface area (Å²) < 4.78 is 41.7. The first-order valence-corrected chi connectivity index (χ1v) is 24.1. The topological polar surface area (TPSA) is 216 Å². The molecule has 0 bridgehead atoms. The van der Waals surface area contributed by atoms with Gasteiger partial charge >= 0.3 is 13.6 Å². The van der Waals surface area contributed by atoms with E-state index in [1.165, 1.54) is 33.5 Å². The van der Waals surface area contributed by atoms with Gasteiger partial charge in [0.05, 0.1) is 30.8 Å². The second-order valence-corrected chi connectivity index (χ2v) is 18.7. The number of fused-ring (bicyclic) bond motifs is 2. The molecule has 3 amide bonds. The summed E-state index contributed by atoms with van der Waals surface area (Å²) in [5, 5.41) is 10.1. The quantitative estimate of drug-likeness (QED) is 0.0393. The number of carbonyl (C=O) groups is 4. The van der Waals surface area contributed by atoms with Crippen LogP contribution in [-0.4, -0.2) is 116 Å². The van der Waals surface area contributed by atoms with Crippen LogP contribution in [-0.2, 0) is 47.9 Å². The highest BCUT2D eigenvalue weighted by Gasteiger charge is 2.31. The van der Waals surface area contributed by atoms with Crippen LogP contribution in [0.2, 0.25) is 0 Å². The zero-order valence-electron chi connectivity index (χ0n) is 37.3. The van der Waals surface area contributed by atoms with E-state index in [2.05, 4.69) is 54.5 Å². The maximum Gasteiger partial charge on any atom is 0.339 e. The minimum absolute atomic E-state index is 0.0371. The van der Waals surface area contributed by atoms with E-state index in [9.17, 15) is 28.1 Å². The number of aromatic nitrogens is 2. The molecule has 3 aromatic rings. The van der Waals surface area contributed by atoms with Gasteiger partial charge in [0.25, 0.3) is 11.8 Å². The molecule has 0 atom stereocenters. The number of amides is 3. The zero-order chi connectivity index (χ0) is 49.8. The molecule has 0 saturated carbocycles. The van der Waals surface area contributed by atoms with Gasteiger partial charge in [0.1, 0.15) is 29.9 Å². The number of carboxylic acids is 1. The van der Waals surface area contributed by atoms with Crippen LogP contribution in [0, 0.1) is 30.5 Å². The van der Waals surface area contributed by atoms with E-state index in [1.54, 1.807) is 17.1 Å². The Morgan fingerprint density at radius 2 is 1.88 bits per heavy atom. The molecule has 0 unspecified atom stereocenters. The SMILES string of the molecule is C#CCN1C(=O)COc2cc(F)c(/N=c3\snc4n3CC(C)(C)C4)cc21.C=CCN(CC=C)C(=O)C(Cl)Cl.CCOCN(C(=O)CCl)c1c(C)cccc1CC.O=C(O)CNCP(=O)(O)O. The fraction of sp³-hybridized carbons (Fsp3) is 0.442. The van der Waals surface area contributed by atoms with Gasteiger partial charge in [-0.2, -0.15) is 4.37 Å². The number of anilines is 2. The van der Waals surface area contributed by atoms with Crippen LogP contribution in [0.3, 0.4) is 0 Å². The van der Waals surface area contributed by atoms with Crippen molar-refractivity contribution in [3.63, 3.8) is 0 Å². The average molecular weight is 1020 g/mol. The van der Waals surface area contributed by atoms with Crippen molar-refractivity contribution in [1.29, 1.82) is 0 Å². The van der Waals surface area contributed by atoms with Gasteiger partial charge in [-0.25, -0.2) is 9.38 Å². The third kappa shape index (κ3) is 18.2. The number of halogens is 4. The Labute approximate surface area is 403 Å². The predicted octanol–water partition coefficient (Wildman–Crippen LogP) is 6.17. The summed E-state index contributed by atoms with van der Waals surface area (Å²) in [4.78, 5) is 69.9. The normalized spacial score (nSPS) is 13.5. The minimum Gasteiger partial charge on any atom is -0.481 e. The van der Waals surface area contributed by atoms with Gasteiger partial charge in [-0.3, -0.25) is 38.9 Å². The number of aliphatic carboxylic acids is 1. The molecule has 66 heavy (non-hydrogen) atoms. The standard InChI is InChI=1S/C18H17FN4O2S.C14H20ClNO2.C8H11Cl2NO.C3H8NO5P/c1-4-5-22-13-7-12(11(19)6-14(13)25-9-16(22)24)20-17-23-10-18(2,3)8-15(23)21-26-17;1-4-12-8-6-7-11(3)14(12)16(10-18-5-2)13(17)9-15;1-3-5-11(6-4-2)8(12)7(9)10;5-3(6)1-4-2-10(7,8)9/h1,6-7H,5,8-10H2,2-3H3;6-8H,4-5,9-10H2,1-3H3;3-4,7H,1-2,5-6H2;4H,1-2H2,(H,5,6)(H2,7,8,9)/b20-17-;;;. The fourth-order valence-corrected chi connectivity index (χ4v) is 7.75. The van der Waals surface area contributed by atoms with Crippen LogP contribution in [0.25, 0.3) is 0 Å². The van der Waals surface area contributed by atoms with Gasteiger partial charge in [-0.05, 0) is 42.9 Å². The van der Waals surface area contributed by atoms with Crippen LogP contribution in [0.5, 0.6) is 5.75 Å². The number of hydrogen-bond acceptors (Lipinski definition) is 11. The maximum absolute atomic E-state index is 14.5. The largest absolute Gasteiger partial charge is 0.481 e. The summed E-state index contributed by atoms with van der Waals surface area (Å²) in [6.07, 6.45) is 9.71. The lowest BCUT2D eigenvalue weighted by Crippen LogP contribution is -2.39. The Morgan fingerprint density at radius 1 is 1.21 bits per heavy atom.